The smallest absolute Gasteiger partial charge is 0.265 e. The molecule has 1 aromatic heterocycles. The number of carbonyl (C=O) groups is 1. The Morgan fingerprint density at radius 3 is 2.32 bits per heavy atom. The molecule has 0 bridgehead atoms. The topological polar surface area (TPSA) is 111 Å². The number of hydrazine groups is 1. The van der Waals surface area contributed by atoms with Crippen LogP contribution in [-0.2, 0) is 0 Å². The van der Waals surface area contributed by atoms with Gasteiger partial charge in [-0.25, -0.2) is 10.8 Å². The monoisotopic (exact) mass is 342 g/mol. The molecule has 0 saturated carbocycles. The predicted molar refractivity (Wildman–Crippen MR) is 92.8 cm³/mol. The van der Waals surface area contributed by atoms with Crippen molar-refractivity contribution in [2.24, 2.45) is 5.84 Å². The molecular weight excluding hydrogens is 324 g/mol. The molecule has 0 saturated heterocycles. The number of hydrogen-bond acceptors (Lipinski definition) is 6. The van der Waals surface area contributed by atoms with Crippen molar-refractivity contribution < 1.29 is 19.0 Å². The van der Waals surface area contributed by atoms with Gasteiger partial charge in [0.15, 0.2) is 11.5 Å². The van der Waals surface area contributed by atoms with Gasteiger partial charge in [0.05, 0.1) is 32.4 Å². The third-order valence-electron chi connectivity index (χ3n) is 3.81. The maximum absolute atomic E-state index is 11.7. The molecule has 0 atom stereocenters. The lowest BCUT2D eigenvalue weighted by molar-refractivity contribution is 0.0954. The van der Waals surface area contributed by atoms with E-state index in [2.05, 4.69) is 15.4 Å². The summed E-state index contributed by atoms with van der Waals surface area (Å²) < 4.78 is 16.1. The molecule has 130 valence electrons. The number of amides is 1. The van der Waals surface area contributed by atoms with Crippen molar-refractivity contribution >= 4 is 16.9 Å². The second-order valence-electron chi connectivity index (χ2n) is 5.20. The highest BCUT2D eigenvalue weighted by Gasteiger charge is 2.16. The molecule has 1 amide bonds. The minimum atomic E-state index is -0.370. The van der Waals surface area contributed by atoms with Gasteiger partial charge in [-0.05, 0) is 30.3 Å². The highest BCUT2D eigenvalue weighted by molar-refractivity contribution is 5.97. The van der Waals surface area contributed by atoms with Gasteiger partial charge in [0.2, 0.25) is 5.75 Å². The number of carbonyl (C=O) groups excluding carboxylic acids is 1. The van der Waals surface area contributed by atoms with Crippen molar-refractivity contribution in [3.8, 4) is 28.6 Å². The quantitative estimate of drug-likeness (QED) is 0.371. The average Bonchev–Trinajstić information content (AvgIpc) is 3.09. The predicted octanol–water partition coefficient (Wildman–Crippen LogP) is 1.86. The van der Waals surface area contributed by atoms with E-state index in [1.807, 2.05) is 0 Å². The first-order chi connectivity index (χ1) is 12.1. The van der Waals surface area contributed by atoms with Gasteiger partial charge in [-0.1, -0.05) is 0 Å². The van der Waals surface area contributed by atoms with E-state index in [4.69, 9.17) is 20.1 Å². The second-order valence-corrected chi connectivity index (χ2v) is 5.20. The minimum Gasteiger partial charge on any atom is -0.493 e. The van der Waals surface area contributed by atoms with Crippen LogP contribution in [0.25, 0.3) is 22.4 Å². The molecule has 2 aromatic carbocycles. The highest BCUT2D eigenvalue weighted by atomic mass is 16.5. The maximum atomic E-state index is 11.7. The molecule has 0 aliphatic heterocycles. The number of H-pyrrole nitrogens is 1. The Morgan fingerprint density at radius 1 is 1.08 bits per heavy atom. The Bertz CT molecular complexity index is 911. The lowest BCUT2D eigenvalue weighted by Gasteiger charge is -2.13. The number of methoxy groups -OCH3 is 3. The SMILES string of the molecule is COc1cc(-c2nc3ccc(C(=O)NN)cc3[nH]2)cc(OC)c1OC. The molecular formula is C17H18N4O4. The summed E-state index contributed by atoms with van der Waals surface area (Å²) in [7, 11) is 4.65. The van der Waals surface area contributed by atoms with Gasteiger partial charge in [0.25, 0.3) is 5.91 Å². The fraction of sp³-hybridized carbons (Fsp3) is 0.176. The van der Waals surface area contributed by atoms with Gasteiger partial charge in [-0.15, -0.1) is 0 Å². The number of imidazole rings is 1. The van der Waals surface area contributed by atoms with Crippen molar-refractivity contribution in [3.05, 3.63) is 35.9 Å². The van der Waals surface area contributed by atoms with Crippen LogP contribution in [0, 0.1) is 0 Å². The number of rotatable bonds is 5. The molecule has 4 N–H and O–H groups in total. The Labute approximate surface area is 143 Å². The number of fused-ring (bicyclic) bond motifs is 1. The minimum absolute atomic E-state index is 0.370. The van der Waals surface area contributed by atoms with Crippen LogP contribution in [0.2, 0.25) is 0 Å². The standard InChI is InChI=1S/C17H18N4O4/c1-23-13-7-10(8-14(24-2)15(13)25-3)16-19-11-5-4-9(17(22)21-18)6-12(11)20-16/h4-8H,18H2,1-3H3,(H,19,20)(H,21,22). The summed E-state index contributed by atoms with van der Waals surface area (Å²) in [6, 6.07) is 8.69. The fourth-order valence-electron chi connectivity index (χ4n) is 2.59. The van der Waals surface area contributed by atoms with E-state index in [9.17, 15) is 4.79 Å². The first-order valence-electron chi connectivity index (χ1n) is 7.42. The highest BCUT2D eigenvalue weighted by Crippen LogP contribution is 2.40. The fourth-order valence-corrected chi connectivity index (χ4v) is 2.59. The first-order valence-corrected chi connectivity index (χ1v) is 7.42. The lowest BCUT2D eigenvalue weighted by atomic mass is 10.1. The maximum Gasteiger partial charge on any atom is 0.265 e. The summed E-state index contributed by atoms with van der Waals surface area (Å²) in [6.45, 7) is 0. The molecule has 0 aliphatic carbocycles. The third kappa shape index (κ3) is 2.94. The van der Waals surface area contributed by atoms with Gasteiger partial charge < -0.3 is 19.2 Å². The molecule has 0 aliphatic rings. The Balaban J connectivity index is 2.11. The Kier molecular flexibility index (Phi) is 4.44. The molecule has 0 spiro atoms. The molecule has 0 unspecified atom stereocenters. The van der Waals surface area contributed by atoms with Crippen molar-refractivity contribution in [2.45, 2.75) is 0 Å². The van der Waals surface area contributed by atoms with Crippen LogP contribution in [0.5, 0.6) is 17.2 Å². The lowest BCUT2D eigenvalue weighted by Crippen LogP contribution is -2.29. The van der Waals surface area contributed by atoms with Gasteiger partial charge in [-0.2, -0.15) is 0 Å². The number of hydrogen-bond donors (Lipinski definition) is 3. The summed E-state index contributed by atoms with van der Waals surface area (Å²) in [5.41, 5.74) is 4.74. The van der Waals surface area contributed by atoms with E-state index >= 15 is 0 Å². The number of nitrogens with zero attached hydrogens (tertiary/aromatic N) is 1. The van der Waals surface area contributed by atoms with Gasteiger partial charge in [0, 0.05) is 11.1 Å². The summed E-state index contributed by atoms with van der Waals surface area (Å²) in [5, 5.41) is 0. The summed E-state index contributed by atoms with van der Waals surface area (Å²) in [6.07, 6.45) is 0. The van der Waals surface area contributed by atoms with E-state index in [1.54, 1.807) is 51.7 Å². The van der Waals surface area contributed by atoms with Crippen LogP contribution in [0.4, 0.5) is 0 Å². The van der Waals surface area contributed by atoms with Crippen LogP contribution in [0.1, 0.15) is 10.4 Å². The number of aromatic nitrogens is 2. The molecule has 0 radical (unpaired) electrons. The van der Waals surface area contributed by atoms with Crippen LogP contribution in [-0.4, -0.2) is 37.2 Å². The number of nitrogen functional groups attached to an aromatic ring is 1. The Hall–Kier alpha value is -3.26. The second kappa shape index (κ2) is 6.70. The summed E-state index contributed by atoms with van der Waals surface area (Å²) in [4.78, 5) is 19.4. The van der Waals surface area contributed by atoms with Crippen LogP contribution < -0.4 is 25.5 Å². The normalized spacial score (nSPS) is 10.6. The molecule has 1 heterocycles. The third-order valence-corrected chi connectivity index (χ3v) is 3.81. The van der Waals surface area contributed by atoms with E-state index < -0.39 is 0 Å². The van der Waals surface area contributed by atoms with Crippen molar-refractivity contribution in [1.29, 1.82) is 0 Å². The first kappa shape index (κ1) is 16.6. The van der Waals surface area contributed by atoms with Gasteiger partial charge in [0.1, 0.15) is 5.82 Å². The molecule has 25 heavy (non-hydrogen) atoms. The van der Waals surface area contributed by atoms with E-state index in [0.717, 1.165) is 11.1 Å². The number of nitrogens with two attached hydrogens (primary N) is 1. The number of nitrogens with one attached hydrogen (secondary N) is 2. The van der Waals surface area contributed by atoms with Crippen LogP contribution >= 0.6 is 0 Å². The van der Waals surface area contributed by atoms with E-state index in [1.165, 1.54) is 0 Å². The zero-order chi connectivity index (χ0) is 18.0. The molecule has 8 nitrogen and oxygen atoms in total. The average molecular weight is 342 g/mol. The van der Waals surface area contributed by atoms with Crippen molar-refractivity contribution in [3.63, 3.8) is 0 Å². The summed E-state index contributed by atoms with van der Waals surface area (Å²) >= 11 is 0. The molecule has 8 heteroatoms. The molecule has 3 aromatic rings. The molecule has 0 fully saturated rings. The number of benzene rings is 2. The zero-order valence-electron chi connectivity index (χ0n) is 14.0. The van der Waals surface area contributed by atoms with Crippen LogP contribution in [0.15, 0.2) is 30.3 Å². The van der Waals surface area contributed by atoms with Crippen molar-refractivity contribution in [1.82, 2.24) is 15.4 Å². The van der Waals surface area contributed by atoms with Gasteiger partial charge >= 0.3 is 0 Å². The van der Waals surface area contributed by atoms with E-state index in [0.29, 0.717) is 34.2 Å². The largest absolute Gasteiger partial charge is 0.493 e. The summed E-state index contributed by atoms with van der Waals surface area (Å²) in [5.74, 6) is 6.97. The van der Waals surface area contributed by atoms with Crippen LogP contribution in [0.3, 0.4) is 0 Å². The van der Waals surface area contributed by atoms with Gasteiger partial charge in [-0.3, -0.25) is 10.2 Å². The number of ether oxygens (including phenoxy) is 3. The number of aromatic amines is 1. The zero-order valence-corrected chi connectivity index (χ0v) is 14.0. The molecule has 3 rings (SSSR count). The van der Waals surface area contributed by atoms with E-state index in [-0.39, 0.29) is 5.91 Å². The van der Waals surface area contributed by atoms with Crippen molar-refractivity contribution in [2.75, 3.05) is 21.3 Å². The Morgan fingerprint density at radius 2 is 1.76 bits per heavy atom.